The maximum absolute atomic E-state index is 5.69. The van der Waals surface area contributed by atoms with Gasteiger partial charge in [0.15, 0.2) is 0 Å². The van der Waals surface area contributed by atoms with Crippen LogP contribution < -0.4 is 11.5 Å². The third-order valence-electron chi connectivity index (χ3n) is 2.53. The normalized spacial score (nSPS) is 10.8. The van der Waals surface area contributed by atoms with Crippen LogP contribution in [-0.2, 0) is 0 Å². The SMILES string of the molecule is Nc1cc(-c2ccc3ncsc3c2)cc(N)n1. The Balaban J connectivity index is 2.19. The molecule has 3 aromatic rings. The van der Waals surface area contributed by atoms with Crippen LogP contribution in [0.15, 0.2) is 35.8 Å². The number of hydrogen-bond donors (Lipinski definition) is 2. The molecule has 2 heterocycles. The summed E-state index contributed by atoms with van der Waals surface area (Å²) in [4.78, 5) is 8.20. The fraction of sp³-hybridized carbons (Fsp3) is 0. The standard InChI is InChI=1S/C12H10N4S/c13-11-4-8(5-12(14)16-11)7-1-2-9-10(3-7)17-6-15-9/h1-6H,(H4,13,14,16). The van der Waals surface area contributed by atoms with Crippen molar-refractivity contribution in [3.05, 3.63) is 35.8 Å². The van der Waals surface area contributed by atoms with Crippen molar-refractivity contribution < 1.29 is 0 Å². The summed E-state index contributed by atoms with van der Waals surface area (Å²) >= 11 is 1.62. The molecule has 4 N–H and O–H groups in total. The van der Waals surface area contributed by atoms with E-state index in [9.17, 15) is 0 Å². The Bertz CT molecular complexity index is 670. The number of pyridine rings is 1. The van der Waals surface area contributed by atoms with Crippen LogP contribution in [0.2, 0.25) is 0 Å². The molecule has 1 aromatic carbocycles. The smallest absolute Gasteiger partial charge is 0.126 e. The number of nitrogen functional groups attached to an aromatic ring is 2. The molecule has 4 nitrogen and oxygen atoms in total. The van der Waals surface area contributed by atoms with E-state index in [0.29, 0.717) is 11.6 Å². The predicted molar refractivity (Wildman–Crippen MR) is 71.7 cm³/mol. The minimum Gasteiger partial charge on any atom is -0.384 e. The first-order chi connectivity index (χ1) is 8.22. The van der Waals surface area contributed by atoms with Crippen LogP contribution in [0.5, 0.6) is 0 Å². The average molecular weight is 242 g/mol. The lowest BCUT2D eigenvalue weighted by molar-refractivity contribution is 1.34. The number of hydrogen-bond acceptors (Lipinski definition) is 5. The molecule has 84 valence electrons. The summed E-state index contributed by atoms with van der Waals surface area (Å²) in [6.07, 6.45) is 0. The van der Waals surface area contributed by atoms with Gasteiger partial charge in [-0.05, 0) is 35.4 Å². The van der Waals surface area contributed by atoms with E-state index in [4.69, 9.17) is 11.5 Å². The largest absolute Gasteiger partial charge is 0.384 e. The molecule has 0 unspecified atom stereocenters. The second-order valence-corrected chi connectivity index (χ2v) is 4.63. The molecule has 0 amide bonds. The van der Waals surface area contributed by atoms with Crippen LogP contribution in [-0.4, -0.2) is 9.97 Å². The molecule has 5 heteroatoms. The van der Waals surface area contributed by atoms with E-state index in [-0.39, 0.29) is 0 Å². The van der Waals surface area contributed by atoms with Gasteiger partial charge in [-0.2, -0.15) is 0 Å². The maximum Gasteiger partial charge on any atom is 0.126 e. The van der Waals surface area contributed by atoms with Gasteiger partial charge in [-0.3, -0.25) is 0 Å². The zero-order valence-electron chi connectivity index (χ0n) is 8.92. The third kappa shape index (κ3) is 1.81. The zero-order valence-corrected chi connectivity index (χ0v) is 9.74. The van der Waals surface area contributed by atoms with E-state index in [1.54, 1.807) is 11.3 Å². The van der Waals surface area contributed by atoms with Gasteiger partial charge in [-0.25, -0.2) is 9.97 Å². The topological polar surface area (TPSA) is 77.8 Å². The molecule has 3 rings (SSSR count). The van der Waals surface area contributed by atoms with Crippen LogP contribution in [0.3, 0.4) is 0 Å². The molecule has 0 saturated carbocycles. The number of nitrogens with zero attached hydrogens (tertiary/aromatic N) is 2. The molecule has 0 radical (unpaired) electrons. The molecular weight excluding hydrogens is 232 g/mol. The van der Waals surface area contributed by atoms with Crippen molar-refractivity contribution in [1.29, 1.82) is 0 Å². The highest BCUT2D eigenvalue weighted by molar-refractivity contribution is 7.16. The van der Waals surface area contributed by atoms with Gasteiger partial charge >= 0.3 is 0 Å². The van der Waals surface area contributed by atoms with E-state index in [2.05, 4.69) is 16.0 Å². The maximum atomic E-state index is 5.69. The Morgan fingerprint density at radius 3 is 2.47 bits per heavy atom. The minimum absolute atomic E-state index is 0.435. The third-order valence-corrected chi connectivity index (χ3v) is 3.32. The summed E-state index contributed by atoms with van der Waals surface area (Å²) in [5, 5.41) is 0. The van der Waals surface area contributed by atoms with Crippen molar-refractivity contribution in [1.82, 2.24) is 9.97 Å². The number of nitrogens with two attached hydrogens (primary N) is 2. The molecular formula is C12H10N4S. The van der Waals surface area contributed by atoms with Gasteiger partial charge in [0.05, 0.1) is 15.7 Å². The molecule has 0 spiro atoms. The Labute approximate surface area is 102 Å². The van der Waals surface area contributed by atoms with E-state index < -0.39 is 0 Å². The first kappa shape index (κ1) is 10.0. The highest BCUT2D eigenvalue weighted by Gasteiger charge is 2.03. The number of fused-ring (bicyclic) bond motifs is 1. The van der Waals surface area contributed by atoms with Crippen LogP contribution >= 0.6 is 11.3 Å². The summed E-state index contributed by atoms with van der Waals surface area (Å²) in [7, 11) is 0. The van der Waals surface area contributed by atoms with Crippen molar-refractivity contribution in [3.63, 3.8) is 0 Å². The van der Waals surface area contributed by atoms with E-state index in [1.165, 1.54) is 0 Å². The Kier molecular flexibility index (Phi) is 2.19. The quantitative estimate of drug-likeness (QED) is 0.687. The van der Waals surface area contributed by atoms with Crippen molar-refractivity contribution in [3.8, 4) is 11.1 Å². The molecule has 0 fully saturated rings. The second-order valence-electron chi connectivity index (χ2n) is 3.74. The number of aromatic nitrogens is 2. The first-order valence-corrected chi connectivity index (χ1v) is 5.97. The summed E-state index contributed by atoms with van der Waals surface area (Å²) in [5.41, 5.74) is 16.3. The number of anilines is 2. The molecule has 0 aliphatic rings. The van der Waals surface area contributed by atoms with Crippen molar-refractivity contribution in [2.24, 2.45) is 0 Å². The molecule has 0 aliphatic heterocycles. The summed E-state index contributed by atoms with van der Waals surface area (Å²) in [5.74, 6) is 0.869. The van der Waals surface area contributed by atoms with E-state index in [1.807, 2.05) is 29.8 Å². The lowest BCUT2D eigenvalue weighted by Gasteiger charge is -2.04. The van der Waals surface area contributed by atoms with Gasteiger partial charge in [0.25, 0.3) is 0 Å². The van der Waals surface area contributed by atoms with Crippen molar-refractivity contribution in [2.45, 2.75) is 0 Å². The molecule has 2 aromatic heterocycles. The fourth-order valence-electron chi connectivity index (χ4n) is 1.78. The number of rotatable bonds is 1. The average Bonchev–Trinajstić information content (AvgIpc) is 2.74. The number of thiazole rings is 1. The lowest BCUT2D eigenvalue weighted by Crippen LogP contribution is -1.96. The molecule has 0 aliphatic carbocycles. The van der Waals surface area contributed by atoms with E-state index >= 15 is 0 Å². The molecule has 0 bridgehead atoms. The van der Waals surface area contributed by atoms with Gasteiger partial charge in [0, 0.05) is 0 Å². The predicted octanol–water partition coefficient (Wildman–Crippen LogP) is 2.52. The van der Waals surface area contributed by atoms with Gasteiger partial charge in [-0.15, -0.1) is 11.3 Å². The van der Waals surface area contributed by atoms with Crippen molar-refractivity contribution >= 4 is 33.2 Å². The monoisotopic (exact) mass is 242 g/mol. The van der Waals surface area contributed by atoms with Crippen molar-refractivity contribution in [2.75, 3.05) is 11.5 Å². The van der Waals surface area contributed by atoms with Crippen LogP contribution in [0, 0.1) is 0 Å². The second kappa shape index (κ2) is 3.71. The van der Waals surface area contributed by atoms with E-state index in [0.717, 1.165) is 21.3 Å². The molecule has 0 saturated heterocycles. The highest BCUT2D eigenvalue weighted by atomic mass is 32.1. The highest BCUT2D eigenvalue weighted by Crippen LogP contribution is 2.27. The molecule has 17 heavy (non-hydrogen) atoms. The first-order valence-electron chi connectivity index (χ1n) is 5.09. The Hall–Kier alpha value is -2.14. The van der Waals surface area contributed by atoms with Gasteiger partial charge in [0.2, 0.25) is 0 Å². The lowest BCUT2D eigenvalue weighted by atomic mass is 10.1. The van der Waals surface area contributed by atoms with Crippen LogP contribution in [0.1, 0.15) is 0 Å². The van der Waals surface area contributed by atoms with Gasteiger partial charge < -0.3 is 11.5 Å². The summed E-state index contributed by atoms with van der Waals surface area (Å²) < 4.78 is 1.15. The Morgan fingerprint density at radius 2 is 1.71 bits per heavy atom. The van der Waals surface area contributed by atoms with Crippen LogP contribution in [0.4, 0.5) is 11.6 Å². The number of benzene rings is 1. The zero-order chi connectivity index (χ0) is 11.8. The van der Waals surface area contributed by atoms with Crippen LogP contribution in [0.25, 0.3) is 21.3 Å². The minimum atomic E-state index is 0.435. The fourth-order valence-corrected chi connectivity index (χ4v) is 2.49. The van der Waals surface area contributed by atoms with Gasteiger partial charge in [-0.1, -0.05) is 6.07 Å². The molecule has 0 atom stereocenters. The Morgan fingerprint density at radius 1 is 0.941 bits per heavy atom. The van der Waals surface area contributed by atoms with Gasteiger partial charge in [0.1, 0.15) is 11.6 Å². The summed E-state index contributed by atoms with van der Waals surface area (Å²) in [6.45, 7) is 0. The summed E-state index contributed by atoms with van der Waals surface area (Å²) in [6, 6.07) is 9.72.